The first-order valence-electron chi connectivity index (χ1n) is 4.82. The van der Waals surface area contributed by atoms with Gasteiger partial charge in [-0.25, -0.2) is 9.97 Å². The lowest BCUT2D eigenvalue weighted by Gasteiger charge is -1.79. The Morgan fingerprint density at radius 3 is 1.31 bits per heavy atom. The Morgan fingerprint density at radius 2 is 1.15 bits per heavy atom. The molecule has 3 heteroatoms. The molecule has 0 radical (unpaired) electrons. The van der Waals surface area contributed by atoms with Crippen LogP contribution in [0.2, 0.25) is 0 Å². The minimum atomic E-state index is 0.634. The van der Waals surface area contributed by atoms with E-state index in [0.29, 0.717) is 4.73 Å². The van der Waals surface area contributed by atoms with E-state index in [9.17, 15) is 0 Å². The van der Waals surface area contributed by atoms with Gasteiger partial charge in [-0.05, 0) is 22.0 Å². The molecule has 78 valence electrons. The second kappa shape index (κ2) is 22.6. The van der Waals surface area contributed by atoms with Crippen LogP contribution in [0.4, 0.5) is 0 Å². The second-order valence-corrected chi connectivity index (χ2v) is 1.73. The molecule has 1 heterocycles. The van der Waals surface area contributed by atoms with Gasteiger partial charge in [0.25, 0.3) is 0 Å². The molecule has 0 fully saturated rings. The van der Waals surface area contributed by atoms with Crippen molar-refractivity contribution in [3.63, 3.8) is 0 Å². The highest BCUT2D eigenvalue weighted by Gasteiger charge is 1.77. The molecule has 0 spiro atoms. The monoisotopic (exact) mass is 248 g/mol. The smallest absolute Gasteiger partial charge is 0.196 e. The van der Waals surface area contributed by atoms with E-state index < -0.39 is 0 Å². The predicted molar refractivity (Wildman–Crippen MR) is 63.8 cm³/mol. The summed E-state index contributed by atoms with van der Waals surface area (Å²) < 4.78 is 0.634. The molecule has 0 unspecified atom stereocenters. The van der Waals surface area contributed by atoms with Crippen molar-refractivity contribution in [2.45, 2.75) is 41.5 Å². The maximum atomic E-state index is 3.78. The number of rotatable bonds is 0. The summed E-state index contributed by atoms with van der Waals surface area (Å²) in [7, 11) is 0. The normalized spacial score (nSPS) is 6.08. The SMILES string of the molecule is Brc1ncccn1.CC.CC.CC. The van der Waals surface area contributed by atoms with Gasteiger partial charge in [-0.15, -0.1) is 0 Å². The lowest BCUT2D eigenvalue weighted by Crippen LogP contribution is -1.74. The fourth-order valence-electron chi connectivity index (χ4n) is 0.281. The van der Waals surface area contributed by atoms with E-state index in [2.05, 4.69) is 25.9 Å². The molecule has 0 atom stereocenters. The molecular formula is C10H21BrN2. The number of halogens is 1. The van der Waals surface area contributed by atoms with Crippen LogP contribution in [0.5, 0.6) is 0 Å². The third-order valence-electron chi connectivity index (χ3n) is 0.534. The third kappa shape index (κ3) is 18.5. The average Bonchev–Trinajstić information content (AvgIpc) is 2.28. The maximum Gasteiger partial charge on any atom is 0.196 e. The van der Waals surface area contributed by atoms with Crippen LogP contribution < -0.4 is 0 Å². The highest BCUT2D eigenvalue weighted by Crippen LogP contribution is 1.94. The molecule has 1 aromatic rings. The number of hydrogen-bond acceptors (Lipinski definition) is 2. The van der Waals surface area contributed by atoms with Gasteiger partial charge < -0.3 is 0 Å². The first-order valence-corrected chi connectivity index (χ1v) is 5.61. The van der Waals surface area contributed by atoms with Gasteiger partial charge in [0.05, 0.1) is 0 Å². The summed E-state index contributed by atoms with van der Waals surface area (Å²) in [6.07, 6.45) is 3.36. The minimum absolute atomic E-state index is 0.634. The summed E-state index contributed by atoms with van der Waals surface area (Å²) in [5.74, 6) is 0. The minimum Gasteiger partial charge on any atom is -0.231 e. The first-order chi connectivity index (χ1) is 6.39. The maximum absolute atomic E-state index is 3.78. The van der Waals surface area contributed by atoms with Crippen LogP contribution in [0, 0.1) is 0 Å². The second-order valence-electron chi connectivity index (χ2n) is 1.02. The summed E-state index contributed by atoms with van der Waals surface area (Å²) in [5, 5.41) is 0. The Balaban J connectivity index is -0.000000144. The summed E-state index contributed by atoms with van der Waals surface area (Å²) in [6.45, 7) is 12.0. The van der Waals surface area contributed by atoms with E-state index >= 15 is 0 Å². The van der Waals surface area contributed by atoms with Gasteiger partial charge in [0, 0.05) is 12.4 Å². The van der Waals surface area contributed by atoms with Crippen molar-refractivity contribution in [3.8, 4) is 0 Å². The van der Waals surface area contributed by atoms with Crippen LogP contribution in [-0.4, -0.2) is 9.97 Å². The van der Waals surface area contributed by atoms with Gasteiger partial charge in [-0.2, -0.15) is 0 Å². The lowest BCUT2D eigenvalue weighted by atomic mass is 10.7. The summed E-state index contributed by atoms with van der Waals surface area (Å²) in [6, 6.07) is 1.77. The average molecular weight is 249 g/mol. The van der Waals surface area contributed by atoms with Crippen molar-refractivity contribution in [1.29, 1.82) is 0 Å². The largest absolute Gasteiger partial charge is 0.231 e. The predicted octanol–water partition coefficient (Wildman–Crippen LogP) is 4.32. The highest BCUT2D eigenvalue weighted by atomic mass is 79.9. The fourth-order valence-corrected chi connectivity index (χ4v) is 0.517. The van der Waals surface area contributed by atoms with Gasteiger partial charge in [-0.1, -0.05) is 41.5 Å². The van der Waals surface area contributed by atoms with E-state index in [1.807, 2.05) is 41.5 Å². The molecule has 13 heavy (non-hydrogen) atoms. The Kier molecular flexibility index (Phi) is 31.9. The van der Waals surface area contributed by atoms with Crippen LogP contribution in [0.3, 0.4) is 0 Å². The lowest BCUT2D eigenvalue weighted by molar-refractivity contribution is 1.11. The standard InChI is InChI=1S/C4H3BrN2.3C2H6/c5-4-6-2-1-3-7-4;3*1-2/h1-3H;3*1-2H3. The summed E-state index contributed by atoms with van der Waals surface area (Å²) in [5.41, 5.74) is 0. The van der Waals surface area contributed by atoms with Crippen molar-refractivity contribution >= 4 is 15.9 Å². The summed E-state index contributed by atoms with van der Waals surface area (Å²) >= 11 is 3.09. The third-order valence-corrected chi connectivity index (χ3v) is 0.944. The molecule has 0 aliphatic heterocycles. The van der Waals surface area contributed by atoms with Crippen LogP contribution in [0.1, 0.15) is 41.5 Å². The molecule has 0 N–H and O–H groups in total. The van der Waals surface area contributed by atoms with Crippen LogP contribution in [-0.2, 0) is 0 Å². The van der Waals surface area contributed by atoms with Gasteiger partial charge in [0.15, 0.2) is 4.73 Å². The molecule has 0 saturated carbocycles. The number of hydrogen-bond donors (Lipinski definition) is 0. The number of nitrogens with zero attached hydrogens (tertiary/aromatic N) is 2. The molecule has 0 aliphatic carbocycles. The highest BCUT2D eigenvalue weighted by molar-refractivity contribution is 9.10. The van der Waals surface area contributed by atoms with Crippen molar-refractivity contribution < 1.29 is 0 Å². The molecule has 0 amide bonds. The molecule has 1 aromatic heterocycles. The van der Waals surface area contributed by atoms with Crippen LogP contribution >= 0.6 is 15.9 Å². The van der Waals surface area contributed by atoms with Gasteiger partial charge in [0.1, 0.15) is 0 Å². The van der Waals surface area contributed by atoms with E-state index in [0.717, 1.165) is 0 Å². The van der Waals surface area contributed by atoms with Crippen molar-refractivity contribution in [3.05, 3.63) is 23.2 Å². The van der Waals surface area contributed by atoms with E-state index in [-0.39, 0.29) is 0 Å². The molecule has 0 aliphatic rings. The Hall–Kier alpha value is -0.440. The zero-order valence-corrected chi connectivity index (χ0v) is 11.1. The zero-order chi connectivity index (χ0) is 11.1. The molecular weight excluding hydrogens is 228 g/mol. The Morgan fingerprint density at radius 1 is 0.846 bits per heavy atom. The van der Waals surface area contributed by atoms with Gasteiger partial charge in [-0.3, -0.25) is 0 Å². The molecule has 0 aromatic carbocycles. The zero-order valence-electron chi connectivity index (χ0n) is 9.50. The fraction of sp³-hybridized carbons (Fsp3) is 0.600. The van der Waals surface area contributed by atoms with Crippen molar-refractivity contribution in [2.75, 3.05) is 0 Å². The van der Waals surface area contributed by atoms with Crippen molar-refractivity contribution in [1.82, 2.24) is 9.97 Å². The first kappa shape index (κ1) is 18.4. The number of aromatic nitrogens is 2. The van der Waals surface area contributed by atoms with E-state index in [4.69, 9.17) is 0 Å². The Bertz CT molecular complexity index is 143. The topological polar surface area (TPSA) is 25.8 Å². The van der Waals surface area contributed by atoms with Crippen LogP contribution in [0.15, 0.2) is 23.2 Å². The van der Waals surface area contributed by atoms with E-state index in [1.165, 1.54) is 0 Å². The molecule has 0 bridgehead atoms. The Labute approximate surface area is 90.9 Å². The molecule has 1 rings (SSSR count). The van der Waals surface area contributed by atoms with Gasteiger partial charge in [0.2, 0.25) is 0 Å². The quantitative estimate of drug-likeness (QED) is 0.640. The van der Waals surface area contributed by atoms with Crippen LogP contribution in [0.25, 0.3) is 0 Å². The molecule has 2 nitrogen and oxygen atoms in total. The van der Waals surface area contributed by atoms with E-state index in [1.54, 1.807) is 18.5 Å². The summed E-state index contributed by atoms with van der Waals surface area (Å²) in [4.78, 5) is 7.57. The van der Waals surface area contributed by atoms with Crippen molar-refractivity contribution in [2.24, 2.45) is 0 Å². The van der Waals surface area contributed by atoms with Gasteiger partial charge >= 0.3 is 0 Å². The molecule has 0 saturated heterocycles.